The number of hydrogen-bond acceptors (Lipinski definition) is 5. The monoisotopic (exact) mass is 296 g/mol. The van der Waals surface area contributed by atoms with E-state index in [1.165, 1.54) is 18.2 Å². The molecule has 5 N–H and O–H groups in total. The van der Waals surface area contributed by atoms with Crippen LogP contribution in [0.4, 0.5) is 0 Å². The fraction of sp³-hybridized carbons (Fsp3) is 0.143. The molecule has 0 spiro atoms. The zero-order valence-corrected chi connectivity index (χ0v) is 11.1. The van der Waals surface area contributed by atoms with Gasteiger partial charge in [-0.05, 0) is 18.2 Å². The van der Waals surface area contributed by atoms with Crippen molar-refractivity contribution in [3.8, 4) is 23.0 Å². The summed E-state index contributed by atoms with van der Waals surface area (Å²) in [4.78, 5) is 0. The average molecular weight is 297 g/mol. The normalized spacial score (nSPS) is 10.7. The smallest absolute Gasteiger partial charge is 0.140 e. The van der Waals surface area contributed by atoms with Crippen LogP contribution < -0.4 is 0 Å². The number of rotatable bonds is 3. The highest BCUT2D eigenvalue weighted by Gasteiger charge is 2.17. The van der Waals surface area contributed by atoms with Crippen molar-refractivity contribution in [2.24, 2.45) is 0 Å². The van der Waals surface area contributed by atoms with E-state index < -0.39 is 6.61 Å². The van der Waals surface area contributed by atoms with E-state index in [2.05, 4.69) is 0 Å². The second-order valence-corrected chi connectivity index (χ2v) is 4.74. The standard InChI is InChI=1S/C14H13ClO5/c15-11-5-13(19)9(10(6-16)14(11)20)4-7-3-8(17)1-2-12(7)18/h1-3,5,16-20H,4,6H2. The van der Waals surface area contributed by atoms with Crippen molar-refractivity contribution in [1.82, 2.24) is 0 Å². The second-order valence-electron chi connectivity index (χ2n) is 4.33. The van der Waals surface area contributed by atoms with Crippen molar-refractivity contribution >= 4 is 11.6 Å². The molecule has 0 fully saturated rings. The minimum Gasteiger partial charge on any atom is -0.508 e. The Hall–Kier alpha value is -2.11. The molecule has 2 rings (SSSR count). The van der Waals surface area contributed by atoms with E-state index in [0.717, 1.165) is 6.07 Å². The number of aliphatic hydroxyl groups is 1. The van der Waals surface area contributed by atoms with Gasteiger partial charge in [-0.15, -0.1) is 0 Å². The first-order valence-electron chi connectivity index (χ1n) is 5.78. The van der Waals surface area contributed by atoms with Gasteiger partial charge in [-0.1, -0.05) is 11.6 Å². The summed E-state index contributed by atoms with van der Waals surface area (Å²) in [5, 5.41) is 48.1. The van der Waals surface area contributed by atoms with Gasteiger partial charge in [0.05, 0.1) is 11.6 Å². The molecule has 0 aliphatic carbocycles. The molecule has 2 aromatic carbocycles. The lowest BCUT2D eigenvalue weighted by Gasteiger charge is -2.14. The molecule has 0 aromatic heterocycles. The van der Waals surface area contributed by atoms with Crippen LogP contribution in [-0.2, 0) is 13.0 Å². The zero-order valence-electron chi connectivity index (χ0n) is 10.3. The predicted molar refractivity (Wildman–Crippen MR) is 73.3 cm³/mol. The first-order valence-corrected chi connectivity index (χ1v) is 6.15. The minimum atomic E-state index is -0.519. The molecule has 20 heavy (non-hydrogen) atoms. The summed E-state index contributed by atoms with van der Waals surface area (Å²) in [5.41, 5.74) is 0.657. The summed E-state index contributed by atoms with van der Waals surface area (Å²) >= 11 is 5.72. The Kier molecular flexibility index (Phi) is 3.92. The largest absolute Gasteiger partial charge is 0.508 e. The lowest BCUT2D eigenvalue weighted by atomic mass is 9.97. The number of benzene rings is 2. The Bertz CT molecular complexity index is 654. The highest BCUT2D eigenvalue weighted by molar-refractivity contribution is 6.32. The van der Waals surface area contributed by atoms with Crippen LogP contribution in [0.3, 0.4) is 0 Å². The third-order valence-corrected chi connectivity index (χ3v) is 3.33. The molecule has 106 valence electrons. The van der Waals surface area contributed by atoms with E-state index in [9.17, 15) is 25.5 Å². The maximum absolute atomic E-state index is 9.90. The van der Waals surface area contributed by atoms with Crippen molar-refractivity contribution in [3.63, 3.8) is 0 Å². The molecule has 0 radical (unpaired) electrons. The molecule has 0 saturated heterocycles. The van der Waals surface area contributed by atoms with E-state index in [-0.39, 0.29) is 45.6 Å². The molecular weight excluding hydrogens is 284 g/mol. The molecule has 0 amide bonds. The number of aliphatic hydroxyl groups excluding tert-OH is 1. The number of phenols is 4. The highest BCUT2D eigenvalue weighted by atomic mass is 35.5. The van der Waals surface area contributed by atoms with Gasteiger partial charge in [-0.2, -0.15) is 0 Å². The van der Waals surface area contributed by atoms with E-state index in [4.69, 9.17) is 11.6 Å². The van der Waals surface area contributed by atoms with Crippen LogP contribution in [0.5, 0.6) is 23.0 Å². The number of hydrogen-bond donors (Lipinski definition) is 5. The summed E-state index contributed by atoms with van der Waals surface area (Å²) in [5.74, 6) is -0.636. The van der Waals surface area contributed by atoms with Gasteiger partial charge in [-0.3, -0.25) is 0 Å². The second kappa shape index (κ2) is 5.48. The first kappa shape index (κ1) is 14.3. The molecule has 0 bridgehead atoms. The maximum atomic E-state index is 9.90. The average Bonchev–Trinajstić information content (AvgIpc) is 2.40. The lowest BCUT2D eigenvalue weighted by molar-refractivity contribution is 0.273. The topological polar surface area (TPSA) is 101 Å². The number of phenolic OH excluding ortho intramolecular Hbond substituents is 3. The summed E-state index contributed by atoms with van der Waals surface area (Å²) < 4.78 is 0. The Balaban J connectivity index is 2.53. The Morgan fingerprint density at radius 3 is 2.25 bits per heavy atom. The molecule has 0 saturated carbocycles. The Labute approximate surface area is 119 Å². The summed E-state index contributed by atoms with van der Waals surface area (Å²) in [6.07, 6.45) is 0.0205. The fourth-order valence-corrected chi connectivity index (χ4v) is 2.21. The van der Waals surface area contributed by atoms with Crippen LogP contribution in [0, 0.1) is 0 Å². The number of aromatic hydroxyl groups is 4. The van der Waals surface area contributed by atoms with Gasteiger partial charge < -0.3 is 25.5 Å². The van der Waals surface area contributed by atoms with Crippen LogP contribution in [0.15, 0.2) is 24.3 Å². The quantitative estimate of drug-likeness (QED) is 0.559. The molecule has 5 nitrogen and oxygen atoms in total. The van der Waals surface area contributed by atoms with Crippen molar-refractivity contribution in [2.75, 3.05) is 0 Å². The molecule has 0 heterocycles. The van der Waals surface area contributed by atoms with Crippen LogP contribution in [0.25, 0.3) is 0 Å². The van der Waals surface area contributed by atoms with Gasteiger partial charge in [0.15, 0.2) is 0 Å². The molecule has 6 heteroatoms. The van der Waals surface area contributed by atoms with Gasteiger partial charge in [-0.25, -0.2) is 0 Å². The van der Waals surface area contributed by atoms with E-state index in [0.29, 0.717) is 5.56 Å². The molecule has 0 atom stereocenters. The number of halogens is 1. The van der Waals surface area contributed by atoms with Gasteiger partial charge in [0.1, 0.15) is 23.0 Å². The fourth-order valence-electron chi connectivity index (χ4n) is 1.99. The summed E-state index contributed by atoms with van der Waals surface area (Å²) in [7, 11) is 0. The first-order chi connectivity index (χ1) is 9.43. The predicted octanol–water partition coefficient (Wildman–Crippen LogP) is 2.25. The van der Waals surface area contributed by atoms with Crippen molar-refractivity contribution < 1.29 is 25.5 Å². The Morgan fingerprint density at radius 1 is 0.900 bits per heavy atom. The van der Waals surface area contributed by atoms with E-state index >= 15 is 0 Å². The SMILES string of the molecule is OCc1c(O)c(Cl)cc(O)c1Cc1cc(O)ccc1O. The van der Waals surface area contributed by atoms with Crippen molar-refractivity contribution in [3.05, 3.63) is 46.0 Å². The molecule has 0 aliphatic heterocycles. The maximum Gasteiger partial charge on any atom is 0.140 e. The van der Waals surface area contributed by atoms with E-state index in [1.807, 2.05) is 0 Å². The third-order valence-electron chi connectivity index (χ3n) is 3.04. The molecular formula is C14H13ClO5. The van der Waals surface area contributed by atoms with Crippen LogP contribution in [0.1, 0.15) is 16.7 Å². The third kappa shape index (κ3) is 2.59. The van der Waals surface area contributed by atoms with Crippen molar-refractivity contribution in [1.29, 1.82) is 0 Å². The lowest BCUT2D eigenvalue weighted by Crippen LogP contribution is -1.98. The van der Waals surface area contributed by atoms with Gasteiger partial charge in [0.2, 0.25) is 0 Å². The van der Waals surface area contributed by atoms with E-state index in [1.54, 1.807) is 0 Å². The summed E-state index contributed by atoms with van der Waals surface area (Å²) in [6, 6.07) is 5.13. The van der Waals surface area contributed by atoms with Gasteiger partial charge in [0.25, 0.3) is 0 Å². The minimum absolute atomic E-state index is 0.0205. The summed E-state index contributed by atoms with van der Waals surface area (Å²) in [6.45, 7) is -0.519. The molecule has 0 unspecified atom stereocenters. The van der Waals surface area contributed by atoms with Gasteiger partial charge >= 0.3 is 0 Å². The molecule has 0 aliphatic rings. The Morgan fingerprint density at radius 2 is 1.60 bits per heavy atom. The van der Waals surface area contributed by atoms with Gasteiger partial charge in [0, 0.05) is 29.2 Å². The van der Waals surface area contributed by atoms with Crippen LogP contribution >= 0.6 is 11.6 Å². The highest BCUT2D eigenvalue weighted by Crippen LogP contribution is 2.38. The molecule has 2 aromatic rings. The van der Waals surface area contributed by atoms with Crippen LogP contribution in [0.2, 0.25) is 5.02 Å². The zero-order chi connectivity index (χ0) is 14.9. The van der Waals surface area contributed by atoms with Crippen LogP contribution in [-0.4, -0.2) is 25.5 Å². The van der Waals surface area contributed by atoms with Crippen molar-refractivity contribution in [2.45, 2.75) is 13.0 Å².